The molecule has 0 fully saturated rings. The van der Waals surface area contributed by atoms with E-state index in [1.807, 2.05) is 6.07 Å². The second kappa shape index (κ2) is 16.0. The fraction of sp³-hybridized carbons (Fsp3) is 0.121. The van der Waals surface area contributed by atoms with Crippen LogP contribution in [0.15, 0.2) is 105 Å². The fourth-order valence-corrected chi connectivity index (χ4v) is 6.70. The van der Waals surface area contributed by atoms with Crippen molar-refractivity contribution in [1.29, 1.82) is 0 Å². The van der Waals surface area contributed by atoms with Crippen molar-refractivity contribution in [3.63, 3.8) is 0 Å². The number of alkyl carbamates (subject to hydrolysis) is 1. The van der Waals surface area contributed by atoms with Gasteiger partial charge in [0.15, 0.2) is 4.34 Å². The van der Waals surface area contributed by atoms with E-state index < -0.39 is 23.0 Å². The van der Waals surface area contributed by atoms with E-state index in [1.165, 1.54) is 23.6 Å². The third-order valence-corrected chi connectivity index (χ3v) is 9.07. The number of nitrogens with zero attached hydrogens (tertiary/aromatic N) is 3. The highest BCUT2D eigenvalue weighted by Gasteiger charge is 2.20. The summed E-state index contributed by atoms with van der Waals surface area (Å²) in [6.07, 6.45) is 0.531. The lowest BCUT2D eigenvalue weighted by Gasteiger charge is -2.18. The predicted molar refractivity (Wildman–Crippen MR) is 186 cm³/mol. The minimum atomic E-state index is -0.653. The first-order chi connectivity index (χ1) is 23.2. The molecule has 0 radical (unpaired) electrons. The van der Waals surface area contributed by atoms with Gasteiger partial charge in [-0.1, -0.05) is 59.8 Å². The summed E-state index contributed by atoms with van der Waals surface area (Å²) in [5.41, 5.74) is 5.07. The molecule has 1 atom stereocenters. The highest BCUT2D eigenvalue weighted by Crippen LogP contribution is 2.39. The highest BCUT2D eigenvalue weighted by atomic mass is 35.5. The van der Waals surface area contributed by atoms with Crippen molar-refractivity contribution in [2.45, 2.75) is 28.6 Å². The number of nitro benzene ring substituents is 1. The minimum absolute atomic E-state index is 0.117. The molecule has 5 rings (SSSR count). The van der Waals surface area contributed by atoms with E-state index in [2.05, 4.69) is 26.1 Å². The number of benzene rings is 4. The number of hydrogen-bond acceptors (Lipinski definition) is 10. The van der Waals surface area contributed by atoms with Gasteiger partial charge in [0.05, 0.1) is 45.3 Å². The summed E-state index contributed by atoms with van der Waals surface area (Å²) < 4.78 is 6.32. The molecule has 3 amide bonds. The maximum Gasteiger partial charge on any atom is 0.407 e. The Kier molecular flexibility index (Phi) is 11.3. The largest absolute Gasteiger partial charge is 0.450 e. The van der Waals surface area contributed by atoms with Gasteiger partial charge in [0.25, 0.3) is 11.6 Å². The third-order valence-electron chi connectivity index (χ3n) is 6.67. The van der Waals surface area contributed by atoms with Crippen LogP contribution in [0, 0.1) is 10.1 Å². The molecule has 0 unspecified atom stereocenters. The molecule has 1 aromatic heterocycles. The van der Waals surface area contributed by atoms with E-state index in [0.717, 1.165) is 16.5 Å². The minimum Gasteiger partial charge on any atom is -0.450 e. The van der Waals surface area contributed by atoms with Crippen LogP contribution in [-0.2, 0) is 9.53 Å². The average Bonchev–Trinajstić information content (AvgIpc) is 3.47. The van der Waals surface area contributed by atoms with Crippen LogP contribution in [0.2, 0.25) is 5.02 Å². The smallest absolute Gasteiger partial charge is 0.407 e. The van der Waals surface area contributed by atoms with Crippen molar-refractivity contribution in [3.05, 3.63) is 123 Å². The number of hydrazone groups is 1. The van der Waals surface area contributed by atoms with Crippen molar-refractivity contribution in [1.82, 2.24) is 15.7 Å². The van der Waals surface area contributed by atoms with Gasteiger partial charge in [0, 0.05) is 27.9 Å². The van der Waals surface area contributed by atoms with Crippen molar-refractivity contribution in [2.75, 3.05) is 11.9 Å². The third kappa shape index (κ3) is 9.15. The molecule has 1 heterocycles. The first-order valence-corrected chi connectivity index (χ1v) is 16.4. The lowest BCUT2D eigenvalue weighted by molar-refractivity contribution is -0.387. The number of carbonyl (C=O) groups is 3. The molecule has 12 nitrogen and oxygen atoms in total. The second-order valence-corrected chi connectivity index (χ2v) is 12.8. The number of nitrogens with one attached hydrogen (secondary N) is 3. The Morgan fingerprint density at radius 3 is 2.56 bits per heavy atom. The molecule has 3 N–H and O–H groups in total. The normalized spacial score (nSPS) is 11.6. The van der Waals surface area contributed by atoms with Gasteiger partial charge in [-0.3, -0.25) is 19.7 Å². The highest BCUT2D eigenvalue weighted by molar-refractivity contribution is 8.01. The molecular formula is C33H27ClN6O6S2. The molecule has 15 heteroatoms. The quantitative estimate of drug-likeness (QED) is 0.0680. The molecule has 0 bridgehead atoms. The molecule has 244 valence electrons. The van der Waals surface area contributed by atoms with Gasteiger partial charge in [-0.2, -0.15) is 5.10 Å². The first kappa shape index (κ1) is 34.0. The van der Waals surface area contributed by atoms with Gasteiger partial charge in [0.1, 0.15) is 0 Å². The monoisotopic (exact) mass is 702 g/mol. The molecule has 0 aliphatic heterocycles. The van der Waals surface area contributed by atoms with E-state index >= 15 is 0 Å². The molecule has 5 aromatic rings. The lowest BCUT2D eigenvalue weighted by atomic mass is 10.0. The molecule has 0 spiro atoms. The van der Waals surface area contributed by atoms with Crippen LogP contribution in [0.1, 0.15) is 40.9 Å². The average molecular weight is 703 g/mol. The summed E-state index contributed by atoms with van der Waals surface area (Å²) in [5.74, 6) is -0.770. The van der Waals surface area contributed by atoms with Gasteiger partial charge >= 0.3 is 6.09 Å². The summed E-state index contributed by atoms with van der Waals surface area (Å²) in [7, 11) is 0. The van der Waals surface area contributed by atoms with Crippen molar-refractivity contribution in [2.24, 2.45) is 5.10 Å². The number of anilines is 1. The van der Waals surface area contributed by atoms with Crippen LogP contribution in [0.5, 0.6) is 0 Å². The Labute approximate surface area is 287 Å². The number of ether oxygens (including phenoxy) is 1. The van der Waals surface area contributed by atoms with E-state index in [-0.39, 0.29) is 24.6 Å². The number of amides is 3. The number of rotatable bonds is 12. The molecule has 0 saturated carbocycles. The number of nitro groups is 1. The van der Waals surface area contributed by atoms with Gasteiger partial charge in [0.2, 0.25) is 5.91 Å². The maximum atomic E-state index is 12.7. The zero-order valence-corrected chi connectivity index (χ0v) is 27.6. The van der Waals surface area contributed by atoms with Crippen LogP contribution in [0.3, 0.4) is 0 Å². The molecular weight excluding hydrogens is 676 g/mol. The van der Waals surface area contributed by atoms with E-state index in [9.17, 15) is 24.5 Å². The summed E-state index contributed by atoms with van der Waals surface area (Å²) in [5, 5.41) is 22.0. The Bertz CT molecular complexity index is 1990. The molecule has 0 aliphatic carbocycles. The van der Waals surface area contributed by atoms with Crippen LogP contribution < -0.4 is 16.1 Å². The van der Waals surface area contributed by atoms with Gasteiger partial charge in [-0.05, 0) is 61.0 Å². The second-order valence-electron chi connectivity index (χ2n) is 10.0. The van der Waals surface area contributed by atoms with Gasteiger partial charge < -0.3 is 15.4 Å². The topological polar surface area (TPSA) is 165 Å². The summed E-state index contributed by atoms with van der Waals surface area (Å²) in [6, 6.07) is 24.7. The predicted octanol–water partition coefficient (Wildman–Crippen LogP) is 7.59. The standard InChI is InChI=1S/C33H27ClN6O6S2/c1-2-46-32(43)37-26(21-6-4-3-5-7-21)18-30(41)39-35-19-20-8-15-28(27(16-20)40(44)45)47-33-38-25-14-13-24(17-29(25)48-33)36-31(42)22-9-11-23(34)12-10-22/h3-17,19,26H,2,18H2,1H3,(H,36,42)(H,37,43)(H,39,41)/b35-19-/t26-/m1/s1. The van der Waals surface area contributed by atoms with Crippen LogP contribution in [0.25, 0.3) is 10.2 Å². The van der Waals surface area contributed by atoms with Gasteiger partial charge in [-0.15, -0.1) is 11.3 Å². The number of fused-ring (bicyclic) bond motifs is 1. The number of carbonyl (C=O) groups excluding carboxylic acids is 3. The van der Waals surface area contributed by atoms with E-state index in [1.54, 1.807) is 85.8 Å². The van der Waals surface area contributed by atoms with E-state index in [0.29, 0.717) is 42.2 Å². The van der Waals surface area contributed by atoms with Crippen molar-refractivity contribution < 1.29 is 24.0 Å². The molecule has 4 aromatic carbocycles. The molecule has 0 aliphatic rings. The number of aromatic nitrogens is 1. The number of hydrogen-bond donors (Lipinski definition) is 3. The summed E-state index contributed by atoms with van der Waals surface area (Å²) in [6.45, 7) is 1.86. The Hall–Kier alpha value is -5.31. The maximum absolute atomic E-state index is 12.7. The summed E-state index contributed by atoms with van der Waals surface area (Å²) in [4.78, 5) is 53.7. The zero-order valence-electron chi connectivity index (χ0n) is 25.2. The van der Waals surface area contributed by atoms with Gasteiger partial charge in [-0.25, -0.2) is 15.2 Å². The van der Waals surface area contributed by atoms with Crippen molar-refractivity contribution >= 4 is 80.4 Å². The Morgan fingerprint density at radius 1 is 1.06 bits per heavy atom. The number of thiazole rings is 1. The SMILES string of the molecule is CCOC(=O)N[C@H](CC(=O)N/N=C\c1ccc(Sc2nc3ccc(NC(=O)c4ccc(Cl)cc4)cc3s2)c([N+](=O)[O-])c1)c1ccccc1. The summed E-state index contributed by atoms with van der Waals surface area (Å²) >= 11 is 8.39. The zero-order chi connectivity index (χ0) is 34.0. The van der Waals surface area contributed by atoms with Crippen LogP contribution >= 0.6 is 34.7 Å². The van der Waals surface area contributed by atoms with Crippen LogP contribution in [-0.4, -0.2) is 40.6 Å². The molecule has 48 heavy (non-hydrogen) atoms. The van der Waals surface area contributed by atoms with Crippen LogP contribution in [0.4, 0.5) is 16.2 Å². The van der Waals surface area contributed by atoms with E-state index in [4.69, 9.17) is 16.3 Å². The molecule has 0 saturated heterocycles. The van der Waals surface area contributed by atoms with Crippen molar-refractivity contribution in [3.8, 4) is 0 Å². The number of halogens is 1. The fourth-order valence-electron chi connectivity index (χ4n) is 4.43. The Morgan fingerprint density at radius 2 is 1.83 bits per heavy atom. The lowest BCUT2D eigenvalue weighted by Crippen LogP contribution is -2.33. The first-order valence-electron chi connectivity index (χ1n) is 14.4. The Balaban J connectivity index is 1.23.